The maximum absolute atomic E-state index is 12.5. The van der Waals surface area contributed by atoms with Crippen molar-refractivity contribution in [2.45, 2.75) is 52.0 Å². The van der Waals surface area contributed by atoms with E-state index in [0.29, 0.717) is 37.6 Å². The molecule has 0 aromatic carbocycles. The van der Waals surface area contributed by atoms with Gasteiger partial charge in [0, 0.05) is 19.0 Å². The summed E-state index contributed by atoms with van der Waals surface area (Å²) < 4.78 is 0. The quantitative estimate of drug-likeness (QED) is 0.829. The monoisotopic (exact) mass is 296 g/mol. The molecule has 2 saturated heterocycles. The van der Waals surface area contributed by atoms with E-state index in [1.54, 1.807) is 0 Å². The fraction of sp³-hybridized carbons (Fsp3) is 0.875. The van der Waals surface area contributed by atoms with E-state index in [4.69, 9.17) is 5.11 Å². The van der Waals surface area contributed by atoms with Crippen molar-refractivity contribution < 1.29 is 14.7 Å². The molecule has 0 aromatic heterocycles. The van der Waals surface area contributed by atoms with Crippen LogP contribution >= 0.6 is 0 Å². The zero-order valence-electron chi connectivity index (χ0n) is 13.2. The number of carbonyl (C=O) groups is 2. The highest BCUT2D eigenvalue weighted by atomic mass is 16.4. The summed E-state index contributed by atoms with van der Waals surface area (Å²) in [6.45, 7) is 6.85. The van der Waals surface area contributed by atoms with Crippen LogP contribution in [-0.4, -0.2) is 47.6 Å². The Kier molecular flexibility index (Phi) is 5.62. The average Bonchev–Trinajstić information content (AvgIpc) is 2.47. The summed E-state index contributed by atoms with van der Waals surface area (Å²) in [7, 11) is 0. The summed E-state index contributed by atoms with van der Waals surface area (Å²) in [5.41, 5.74) is 0. The molecule has 21 heavy (non-hydrogen) atoms. The van der Waals surface area contributed by atoms with Gasteiger partial charge in [-0.1, -0.05) is 6.92 Å². The second-order valence-corrected chi connectivity index (χ2v) is 6.78. The van der Waals surface area contributed by atoms with E-state index in [0.717, 1.165) is 13.1 Å². The van der Waals surface area contributed by atoms with Gasteiger partial charge in [-0.3, -0.25) is 9.59 Å². The van der Waals surface area contributed by atoms with Crippen LogP contribution in [0.15, 0.2) is 0 Å². The van der Waals surface area contributed by atoms with Crippen LogP contribution in [0.2, 0.25) is 0 Å². The largest absolute Gasteiger partial charge is 0.481 e. The minimum atomic E-state index is -0.726. The van der Waals surface area contributed by atoms with Crippen LogP contribution in [0.3, 0.4) is 0 Å². The predicted octanol–water partition coefficient (Wildman–Crippen LogP) is 1.72. The normalized spacial score (nSPS) is 31.7. The SMILES string of the molecule is CC(CC(=O)N1CCC(C(=O)O)CC1C)C1CCCNC1. The Morgan fingerprint density at radius 3 is 2.71 bits per heavy atom. The number of hydrogen-bond donors (Lipinski definition) is 2. The highest BCUT2D eigenvalue weighted by Crippen LogP contribution is 2.27. The van der Waals surface area contributed by atoms with E-state index >= 15 is 0 Å². The Balaban J connectivity index is 1.84. The van der Waals surface area contributed by atoms with Gasteiger partial charge in [0.1, 0.15) is 0 Å². The van der Waals surface area contributed by atoms with E-state index in [2.05, 4.69) is 12.2 Å². The van der Waals surface area contributed by atoms with Crippen LogP contribution in [-0.2, 0) is 9.59 Å². The number of carboxylic acids is 1. The first-order valence-corrected chi connectivity index (χ1v) is 8.22. The van der Waals surface area contributed by atoms with Crippen molar-refractivity contribution in [3.8, 4) is 0 Å². The number of nitrogens with one attached hydrogen (secondary N) is 1. The lowest BCUT2D eigenvalue weighted by Gasteiger charge is -2.37. The van der Waals surface area contributed by atoms with Gasteiger partial charge in [0.05, 0.1) is 5.92 Å². The van der Waals surface area contributed by atoms with Gasteiger partial charge in [-0.15, -0.1) is 0 Å². The summed E-state index contributed by atoms with van der Waals surface area (Å²) in [6, 6.07) is 0.0454. The molecule has 1 amide bonds. The maximum Gasteiger partial charge on any atom is 0.306 e. The van der Waals surface area contributed by atoms with Crippen molar-refractivity contribution in [1.29, 1.82) is 0 Å². The number of piperidine rings is 2. The van der Waals surface area contributed by atoms with Crippen molar-refractivity contribution in [3.63, 3.8) is 0 Å². The highest BCUT2D eigenvalue weighted by Gasteiger charge is 2.33. The summed E-state index contributed by atoms with van der Waals surface area (Å²) in [5.74, 6) is 0.174. The molecule has 2 heterocycles. The second kappa shape index (κ2) is 7.25. The third-order valence-corrected chi connectivity index (χ3v) is 5.18. The molecule has 2 aliphatic heterocycles. The molecular formula is C16H28N2O3. The third-order valence-electron chi connectivity index (χ3n) is 5.18. The molecule has 0 aromatic rings. The minimum Gasteiger partial charge on any atom is -0.481 e. The van der Waals surface area contributed by atoms with Crippen LogP contribution in [0, 0.1) is 17.8 Å². The van der Waals surface area contributed by atoms with E-state index in [9.17, 15) is 9.59 Å². The molecule has 5 heteroatoms. The van der Waals surface area contributed by atoms with E-state index in [-0.39, 0.29) is 17.9 Å². The summed E-state index contributed by atoms with van der Waals surface area (Å²) >= 11 is 0. The number of nitrogens with zero attached hydrogens (tertiary/aromatic N) is 1. The molecule has 2 rings (SSSR count). The maximum atomic E-state index is 12.5. The highest BCUT2D eigenvalue weighted by molar-refractivity contribution is 5.77. The molecule has 0 saturated carbocycles. The molecule has 4 unspecified atom stereocenters. The number of carbonyl (C=O) groups excluding carboxylic acids is 1. The Bertz CT molecular complexity index is 380. The van der Waals surface area contributed by atoms with Crippen LogP contribution in [0.1, 0.15) is 46.0 Å². The van der Waals surface area contributed by atoms with Gasteiger partial charge in [0.25, 0.3) is 0 Å². The average molecular weight is 296 g/mol. The van der Waals surface area contributed by atoms with Crippen molar-refractivity contribution in [2.75, 3.05) is 19.6 Å². The molecule has 2 N–H and O–H groups in total. The first-order chi connectivity index (χ1) is 9.99. The van der Waals surface area contributed by atoms with Crippen molar-refractivity contribution in [2.24, 2.45) is 17.8 Å². The molecule has 0 bridgehead atoms. The standard InChI is InChI=1S/C16H28N2O3/c1-11(14-4-3-6-17-10-14)8-15(19)18-7-5-13(16(20)21)9-12(18)2/h11-14,17H,3-10H2,1-2H3,(H,20,21). The zero-order chi connectivity index (χ0) is 15.4. The van der Waals surface area contributed by atoms with Gasteiger partial charge in [-0.05, 0) is 57.5 Å². The van der Waals surface area contributed by atoms with Crippen LogP contribution in [0.5, 0.6) is 0 Å². The lowest BCUT2D eigenvalue weighted by Crippen LogP contribution is -2.47. The van der Waals surface area contributed by atoms with E-state index in [1.807, 2.05) is 11.8 Å². The fourth-order valence-corrected chi connectivity index (χ4v) is 3.69. The smallest absolute Gasteiger partial charge is 0.306 e. The zero-order valence-corrected chi connectivity index (χ0v) is 13.2. The molecule has 2 aliphatic rings. The summed E-state index contributed by atoms with van der Waals surface area (Å²) in [4.78, 5) is 25.4. The van der Waals surface area contributed by atoms with Gasteiger partial charge in [-0.2, -0.15) is 0 Å². The van der Waals surface area contributed by atoms with Gasteiger partial charge in [-0.25, -0.2) is 0 Å². The molecule has 120 valence electrons. The Hall–Kier alpha value is -1.10. The first-order valence-electron chi connectivity index (χ1n) is 8.22. The molecule has 5 nitrogen and oxygen atoms in total. The number of aliphatic carboxylic acids is 1. The lowest BCUT2D eigenvalue weighted by molar-refractivity contribution is -0.147. The van der Waals surface area contributed by atoms with Crippen LogP contribution in [0.25, 0.3) is 0 Å². The van der Waals surface area contributed by atoms with Gasteiger partial charge in [0.15, 0.2) is 0 Å². The topological polar surface area (TPSA) is 69.6 Å². The van der Waals surface area contributed by atoms with E-state index < -0.39 is 5.97 Å². The molecule has 2 fully saturated rings. The first kappa shape index (κ1) is 16.3. The van der Waals surface area contributed by atoms with Gasteiger partial charge >= 0.3 is 5.97 Å². The summed E-state index contributed by atoms with van der Waals surface area (Å²) in [6.07, 6.45) is 4.17. The van der Waals surface area contributed by atoms with Crippen molar-refractivity contribution in [1.82, 2.24) is 10.2 Å². The second-order valence-electron chi connectivity index (χ2n) is 6.78. The number of hydrogen-bond acceptors (Lipinski definition) is 3. The van der Waals surface area contributed by atoms with Crippen molar-refractivity contribution in [3.05, 3.63) is 0 Å². The molecule has 0 spiro atoms. The number of amides is 1. The minimum absolute atomic E-state index is 0.0454. The predicted molar refractivity (Wildman–Crippen MR) is 80.9 cm³/mol. The fourth-order valence-electron chi connectivity index (χ4n) is 3.69. The van der Waals surface area contributed by atoms with Gasteiger partial charge < -0.3 is 15.3 Å². The Morgan fingerprint density at radius 2 is 2.14 bits per heavy atom. The molecule has 4 atom stereocenters. The molecule has 0 radical (unpaired) electrons. The number of rotatable bonds is 4. The number of likely N-dealkylation sites (tertiary alicyclic amines) is 1. The molecular weight excluding hydrogens is 268 g/mol. The van der Waals surface area contributed by atoms with Gasteiger partial charge in [0.2, 0.25) is 5.91 Å². The lowest BCUT2D eigenvalue weighted by atomic mass is 9.84. The van der Waals surface area contributed by atoms with Crippen LogP contribution < -0.4 is 5.32 Å². The molecule has 0 aliphatic carbocycles. The van der Waals surface area contributed by atoms with E-state index in [1.165, 1.54) is 12.8 Å². The third kappa shape index (κ3) is 4.19. The Labute approximate surface area is 127 Å². The number of carboxylic acid groups (broad SMARTS) is 1. The van der Waals surface area contributed by atoms with Crippen molar-refractivity contribution >= 4 is 11.9 Å². The van der Waals surface area contributed by atoms with Crippen LogP contribution in [0.4, 0.5) is 0 Å². The Morgan fingerprint density at radius 1 is 1.38 bits per heavy atom. The summed E-state index contributed by atoms with van der Waals surface area (Å²) in [5, 5.41) is 12.5.